The van der Waals surface area contributed by atoms with Gasteiger partial charge in [-0.05, 0) is 24.1 Å². The molecule has 1 amide bonds. The number of para-hydroxylation sites is 1. The number of carbonyl (C=O) groups is 1. The molecule has 0 bridgehead atoms. The number of aliphatic imine (C=N–C) groups is 1. The summed E-state index contributed by atoms with van der Waals surface area (Å²) >= 11 is 0. The van der Waals surface area contributed by atoms with E-state index in [-0.39, 0.29) is 18.5 Å². The van der Waals surface area contributed by atoms with Crippen molar-refractivity contribution >= 4 is 17.6 Å². The standard InChI is InChI=1S/C22H29N5O/c1-26(2)21(28)16-24-22(23-15-18-9-5-3-6-10-18)25-19-13-14-27(17-19)20-11-7-4-8-12-20/h3-12,19H,13-17H2,1-2H3,(H2,23,24,25). The normalized spacial score (nSPS) is 16.7. The average Bonchev–Trinajstić information content (AvgIpc) is 3.19. The smallest absolute Gasteiger partial charge is 0.241 e. The summed E-state index contributed by atoms with van der Waals surface area (Å²) in [6, 6.07) is 20.9. The zero-order valence-corrected chi connectivity index (χ0v) is 16.6. The molecule has 1 fully saturated rings. The third-order valence-corrected chi connectivity index (χ3v) is 4.82. The highest BCUT2D eigenvalue weighted by Gasteiger charge is 2.23. The number of guanidine groups is 1. The first-order valence-electron chi connectivity index (χ1n) is 9.71. The molecule has 0 spiro atoms. The number of likely N-dealkylation sites (N-methyl/N-ethyl adjacent to an activating group) is 1. The highest BCUT2D eigenvalue weighted by atomic mass is 16.2. The molecule has 2 N–H and O–H groups in total. The summed E-state index contributed by atoms with van der Waals surface area (Å²) in [7, 11) is 3.51. The second-order valence-corrected chi connectivity index (χ2v) is 7.20. The molecule has 0 aromatic heterocycles. The van der Waals surface area contributed by atoms with E-state index < -0.39 is 0 Å². The molecule has 1 heterocycles. The summed E-state index contributed by atoms with van der Waals surface area (Å²) in [4.78, 5) is 20.6. The number of benzene rings is 2. The maximum atomic E-state index is 12.0. The van der Waals surface area contributed by atoms with Gasteiger partial charge in [-0.25, -0.2) is 4.99 Å². The van der Waals surface area contributed by atoms with Gasteiger partial charge in [0.05, 0.1) is 13.1 Å². The van der Waals surface area contributed by atoms with Crippen LogP contribution in [0, 0.1) is 0 Å². The molecule has 3 rings (SSSR count). The lowest BCUT2D eigenvalue weighted by molar-refractivity contribution is -0.127. The molecule has 1 unspecified atom stereocenters. The van der Waals surface area contributed by atoms with E-state index in [0.717, 1.165) is 25.1 Å². The van der Waals surface area contributed by atoms with Gasteiger partial charge < -0.3 is 20.4 Å². The fourth-order valence-corrected chi connectivity index (χ4v) is 3.17. The molecular weight excluding hydrogens is 350 g/mol. The second-order valence-electron chi connectivity index (χ2n) is 7.20. The summed E-state index contributed by atoms with van der Waals surface area (Å²) in [5.74, 6) is 0.700. The van der Waals surface area contributed by atoms with E-state index in [1.54, 1.807) is 19.0 Å². The Morgan fingerprint density at radius 2 is 1.79 bits per heavy atom. The minimum atomic E-state index is 0.0199. The van der Waals surface area contributed by atoms with Crippen molar-refractivity contribution in [2.75, 3.05) is 38.6 Å². The van der Waals surface area contributed by atoms with Crippen LogP contribution in [0.1, 0.15) is 12.0 Å². The van der Waals surface area contributed by atoms with Crippen molar-refractivity contribution in [2.24, 2.45) is 4.99 Å². The Morgan fingerprint density at radius 3 is 2.46 bits per heavy atom. The van der Waals surface area contributed by atoms with Crippen LogP contribution in [0.15, 0.2) is 65.7 Å². The third kappa shape index (κ3) is 5.74. The van der Waals surface area contributed by atoms with Gasteiger partial charge in [-0.15, -0.1) is 0 Å². The first-order chi connectivity index (χ1) is 13.6. The van der Waals surface area contributed by atoms with Crippen LogP contribution < -0.4 is 15.5 Å². The van der Waals surface area contributed by atoms with Gasteiger partial charge in [-0.1, -0.05) is 48.5 Å². The average molecular weight is 380 g/mol. The Bertz CT molecular complexity index is 776. The van der Waals surface area contributed by atoms with Crippen LogP contribution in [-0.4, -0.2) is 56.5 Å². The molecule has 2 aromatic rings. The topological polar surface area (TPSA) is 60.0 Å². The predicted molar refractivity (Wildman–Crippen MR) is 114 cm³/mol. The van der Waals surface area contributed by atoms with Gasteiger partial charge in [-0.3, -0.25) is 4.79 Å². The molecule has 28 heavy (non-hydrogen) atoms. The van der Waals surface area contributed by atoms with E-state index in [4.69, 9.17) is 4.99 Å². The van der Waals surface area contributed by atoms with Crippen molar-refractivity contribution in [3.63, 3.8) is 0 Å². The van der Waals surface area contributed by atoms with E-state index in [0.29, 0.717) is 12.5 Å². The summed E-state index contributed by atoms with van der Waals surface area (Å²) in [6.45, 7) is 2.71. The van der Waals surface area contributed by atoms with Crippen LogP contribution in [0.3, 0.4) is 0 Å². The summed E-state index contributed by atoms with van der Waals surface area (Å²) in [5.41, 5.74) is 2.38. The lowest BCUT2D eigenvalue weighted by Crippen LogP contribution is -2.47. The monoisotopic (exact) mass is 379 g/mol. The maximum absolute atomic E-state index is 12.0. The van der Waals surface area contributed by atoms with Crippen LogP contribution in [0.25, 0.3) is 0 Å². The minimum Gasteiger partial charge on any atom is -0.369 e. The molecule has 0 radical (unpaired) electrons. The molecule has 6 nitrogen and oxygen atoms in total. The third-order valence-electron chi connectivity index (χ3n) is 4.82. The van der Waals surface area contributed by atoms with Crippen molar-refractivity contribution in [2.45, 2.75) is 19.0 Å². The molecule has 0 aliphatic carbocycles. The maximum Gasteiger partial charge on any atom is 0.241 e. The summed E-state index contributed by atoms with van der Waals surface area (Å²) < 4.78 is 0. The van der Waals surface area contributed by atoms with Crippen molar-refractivity contribution < 1.29 is 4.79 Å². The number of nitrogens with one attached hydrogen (secondary N) is 2. The van der Waals surface area contributed by atoms with Crippen molar-refractivity contribution in [1.82, 2.24) is 15.5 Å². The van der Waals surface area contributed by atoms with Gasteiger partial charge in [-0.2, -0.15) is 0 Å². The molecular formula is C22H29N5O. The highest BCUT2D eigenvalue weighted by molar-refractivity contribution is 5.86. The fraction of sp³-hybridized carbons (Fsp3) is 0.364. The first kappa shape index (κ1) is 19.7. The Hall–Kier alpha value is -3.02. The number of anilines is 1. The van der Waals surface area contributed by atoms with Crippen LogP contribution >= 0.6 is 0 Å². The van der Waals surface area contributed by atoms with Crippen LogP contribution in [-0.2, 0) is 11.3 Å². The zero-order valence-electron chi connectivity index (χ0n) is 16.6. The van der Waals surface area contributed by atoms with Gasteiger partial charge in [0, 0.05) is 38.9 Å². The predicted octanol–water partition coefficient (Wildman–Crippen LogP) is 2.09. The number of nitrogens with zero attached hydrogens (tertiary/aromatic N) is 3. The number of hydrogen-bond donors (Lipinski definition) is 2. The van der Waals surface area contributed by atoms with E-state index in [2.05, 4.69) is 51.9 Å². The van der Waals surface area contributed by atoms with Gasteiger partial charge in [0.1, 0.15) is 0 Å². The van der Waals surface area contributed by atoms with Gasteiger partial charge in [0.2, 0.25) is 5.91 Å². The Balaban J connectivity index is 1.62. The SMILES string of the molecule is CN(C)C(=O)CNC(=NCc1ccccc1)NC1CCN(c2ccccc2)C1. The first-order valence-corrected chi connectivity index (χ1v) is 9.71. The molecule has 6 heteroatoms. The van der Waals surface area contributed by atoms with Gasteiger partial charge >= 0.3 is 0 Å². The number of amides is 1. The van der Waals surface area contributed by atoms with Crippen molar-refractivity contribution in [3.05, 3.63) is 66.2 Å². The molecule has 1 aliphatic heterocycles. The lowest BCUT2D eigenvalue weighted by atomic mass is 10.2. The molecule has 1 aliphatic rings. The number of rotatable bonds is 6. The van der Waals surface area contributed by atoms with Crippen molar-refractivity contribution in [1.29, 1.82) is 0 Å². The van der Waals surface area contributed by atoms with E-state index in [1.807, 2.05) is 24.3 Å². The van der Waals surface area contributed by atoms with E-state index >= 15 is 0 Å². The van der Waals surface area contributed by atoms with E-state index in [1.165, 1.54) is 5.69 Å². The molecule has 0 saturated carbocycles. The number of hydrogen-bond acceptors (Lipinski definition) is 3. The minimum absolute atomic E-state index is 0.0199. The van der Waals surface area contributed by atoms with Crippen LogP contribution in [0.2, 0.25) is 0 Å². The molecule has 1 saturated heterocycles. The quantitative estimate of drug-likeness (QED) is 0.596. The Labute approximate surface area is 167 Å². The summed E-state index contributed by atoms with van der Waals surface area (Å²) in [5, 5.41) is 6.69. The van der Waals surface area contributed by atoms with Crippen LogP contribution in [0.4, 0.5) is 5.69 Å². The van der Waals surface area contributed by atoms with Gasteiger partial charge in [0.15, 0.2) is 5.96 Å². The molecule has 2 aromatic carbocycles. The van der Waals surface area contributed by atoms with E-state index in [9.17, 15) is 4.79 Å². The zero-order chi connectivity index (χ0) is 19.8. The second kappa shape index (κ2) is 9.78. The van der Waals surface area contributed by atoms with Gasteiger partial charge in [0.25, 0.3) is 0 Å². The van der Waals surface area contributed by atoms with Crippen molar-refractivity contribution in [3.8, 4) is 0 Å². The summed E-state index contributed by atoms with van der Waals surface area (Å²) in [6.07, 6.45) is 1.03. The fourth-order valence-electron chi connectivity index (χ4n) is 3.17. The Morgan fingerprint density at radius 1 is 1.11 bits per heavy atom. The molecule has 1 atom stereocenters. The Kier molecular flexibility index (Phi) is 6.89. The largest absolute Gasteiger partial charge is 0.369 e. The lowest BCUT2D eigenvalue weighted by Gasteiger charge is -2.21. The number of carbonyl (C=O) groups excluding carboxylic acids is 1. The molecule has 148 valence electrons. The highest BCUT2D eigenvalue weighted by Crippen LogP contribution is 2.19. The van der Waals surface area contributed by atoms with Crippen LogP contribution in [0.5, 0.6) is 0 Å².